The first kappa shape index (κ1) is 22.1. The predicted molar refractivity (Wildman–Crippen MR) is 108 cm³/mol. The Morgan fingerprint density at radius 1 is 1.19 bits per heavy atom. The molecule has 0 aromatic heterocycles. The van der Waals surface area contributed by atoms with Crippen LogP contribution in [0.25, 0.3) is 0 Å². The molecule has 7 nitrogen and oxygen atoms in total. The summed E-state index contributed by atoms with van der Waals surface area (Å²) in [7, 11) is -3.30. The predicted octanol–water partition coefficient (Wildman–Crippen LogP) is 2.70. The molecule has 0 aliphatic rings. The molecule has 0 bridgehead atoms. The van der Waals surface area contributed by atoms with Gasteiger partial charge in [-0.25, -0.2) is 8.42 Å². The van der Waals surface area contributed by atoms with Crippen molar-refractivity contribution in [1.29, 1.82) is 0 Å². The summed E-state index contributed by atoms with van der Waals surface area (Å²) in [5.74, 6) is 1.01. The maximum Gasteiger partial charge on any atom is 0.229 e. The van der Waals surface area contributed by atoms with E-state index in [9.17, 15) is 8.42 Å². The first-order chi connectivity index (χ1) is 12.4. The lowest BCUT2D eigenvalue weighted by atomic mass is 10.1. The van der Waals surface area contributed by atoms with E-state index in [0.29, 0.717) is 30.5 Å². The smallest absolute Gasteiger partial charge is 0.229 e. The molecule has 0 atom stereocenters. The highest BCUT2D eigenvalue weighted by Crippen LogP contribution is 2.17. The molecular formula is C18H32N4O3S. The van der Waals surface area contributed by atoms with E-state index >= 15 is 0 Å². The molecule has 148 valence electrons. The Morgan fingerprint density at radius 3 is 2.65 bits per heavy atom. The van der Waals surface area contributed by atoms with E-state index in [1.54, 1.807) is 24.3 Å². The SMILES string of the molecule is CCCCCCCCN=C(N)NCCOc1cccc(NS(C)(=O)=O)c1. The van der Waals surface area contributed by atoms with Crippen LogP contribution in [0, 0.1) is 0 Å². The third kappa shape index (κ3) is 11.6. The summed E-state index contributed by atoms with van der Waals surface area (Å²) in [5, 5.41) is 3.01. The number of ether oxygens (including phenoxy) is 1. The van der Waals surface area contributed by atoms with Crippen molar-refractivity contribution >= 4 is 21.7 Å². The van der Waals surface area contributed by atoms with Crippen molar-refractivity contribution in [2.24, 2.45) is 10.7 Å². The zero-order valence-electron chi connectivity index (χ0n) is 15.8. The van der Waals surface area contributed by atoms with E-state index in [0.717, 1.165) is 19.2 Å². The molecule has 0 aliphatic carbocycles. The highest BCUT2D eigenvalue weighted by molar-refractivity contribution is 7.92. The van der Waals surface area contributed by atoms with Crippen LogP contribution in [0.2, 0.25) is 0 Å². The monoisotopic (exact) mass is 384 g/mol. The van der Waals surface area contributed by atoms with Gasteiger partial charge in [0.1, 0.15) is 12.4 Å². The van der Waals surface area contributed by atoms with Crippen molar-refractivity contribution in [3.63, 3.8) is 0 Å². The second-order valence-corrected chi connectivity index (χ2v) is 7.96. The van der Waals surface area contributed by atoms with Crippen LogP contribution in [0.4, 0.5) is 5.69 Å². The Labute approximate surface area is 157 Å². The summed E-state index contributed by atoms with van der Waals surface area (Å²) in [4.78, 5) is 4.29. The Hall–Kier alpha value is -1.96. The summed E-state index contributed by atoms with van der Waals surface area (Å²) in [6, 6.07) is 6.80. The number of hydrogen-bond donors (Lipinski definition) is 3. The van der Waals surface area contributed by atoms with Crippen LogP contribution in [0.1, 0.15) is 45.4 Å². The molecular weight excluding hydrogens is 352 g/mol. The average Bonchev–Trinajstić information content (AvgIpc) is 2.57. The van der Waals surface area contributed by atoms with Crippen molar-refractivity contribution in [2.45, 2.75) is 45.4 Å². The van der Waals surface area contributed by atoms with Gasteiger partial charge in [-0.05, 0) is 18.6 Å². The summed E-state index contributed by atoms with van der Waals surface area (Å²) in [6.07, 6.45) is 8.48. The van der Waals surface area contributed by atoms with Crippen molar-refractivity contribution < 1.29 is 13.2 Å². The molecule has 1 aromatic carbocycles. The minimum absolute atomic E-state index is 0.398. The van der Waals surface area contributed by atoms with E-state index < -0.39 is 10.0 Å². The van der Waals surface area contributed by atoms with Crippen molar-refractivity contribution in [1.82, 2.24) is 5.32 Å². The molecule has 0 aliphatic heterocycles. The van der Waals surface area contributed by atoms with Gasteiger partial charge in [0.25, 0.3) is 0 Å². The number of nitrogens with one attached hydrogen (secondary N) is 2. The third-order valence-electron chi connectivity index (χ3n) is 3.61. The van der Waals surface area contributed by atoms with Gasteiger partial charge in [-0.15, -0.1) is 0 Å². The van der Waals surface area contributed by atoms with Gasteiger partial charge in [0.05, 0.1) is 18.5 Å². The summed E-state index contributed by atoms with van der Waals surface area (Å²) in [6.45, 7) is 3.87. The van der Waals surface area contributed by atoms with E-state index in [1.165, 1.54) is 32.1 Å². The summed E-state index contributed by atoms with van der Waals surface area (Å²) >= 11 is 0. The molecule has 26 heavy (non-hydrogen) atoms. The molecule has 0 fully saturated rings. The second kappa shape index (κ2) is 12.4. The average molecular weight is 385 g/mol. The molecule has 0 heterocycles. The lowest BCUT2D eigenvalue weighted by Gasteiger charge is -2.10. The van der Waals surface area contributed by atoms with Gasteiger partial charge in [-0.2, -0.15) is 0 Å². The lowest BCUT2D eigenvalue weighted by Crippen LogP contribution is -2.34. The number of hydrogen-bond acceptors (Lipinski definition) is 4. The number of guanidine groups is 1. The van der Waals surface area contributed by atoms with Gasteiger partial charge >= 0.3 is 0 Å². The van der Waals surface area contributed by atoms with Gasteiger partial charge in [-0.3, -0.25) is 9.71 Å². The van der Waals surface area contributed by atoms with Gasteiger partial charge in [0.2, 0.25) is 10.0 Å². The number of nitrogens with two attached hydrogens (primary N) is 1. The standard InChI is InChI=1S/C18H32N4O3S/c1-3-4-5-6-7-8-12-20-18(19)21-13-14-25-17-11-9-10-16(15-17)22-26(2,23)24/h9-11,15,22H,3-8,12-14H2,1-2H3,(H3,19,20,21). The first-order valence-electron chi connectivity index (χ1n) is 9.15. The highest BCUT2D eigenvalue weighted by atomic mass is 32.2. The number of unbranched alkanes of at least 4 members (excludes halogenated alkanes) is 5. The zero-order valence-corrected chi connectivity index (χ0v) is 16.6. The summed E-state index contributed by atoms with van der Waals surface area (Å²) in [5.41, 5.74) is 6.29. The topological polar surface area (TPSA) is 106 Å². The number of aliphatic imine (C=N–C) groups is 1. The van der Waals surface area contributed by atoms with Crippen LogP contribution < -0.4 is 20.5 Å². The van der Waals surface area contributed by atoms with E-state index in [2.05, 4.69) is 22.0 Å². The molecule has 0 saturated carbocycles. The molecule has 0 spiro atoms. The number of rotatable bonds is 13. The van der Waals surface area contributed by atoms with Crippen molar-refractivity contribution in [3.8, 4) is 5.75 Å². The molecule has 0 saturated heterocycles. The van der Waals surface area contributed by atoms with Crippen LogP contribution in [0.5, 0.6) is 5.75 Å². The number of benzene rings is 1. The van der Waals surface area contributed by atoms with Crippen LogP contribution >= 0.6 is 0 Å². The molecule has 1 rings (SSSR count). The number of nitrogens with zero attached hydrogens (tertiary/aromatic N) is 1. The highest BCUT2D eigenvalue weighted by Gasteiger charge is 2.03. The maximum atomic E-state index is 11.2. The Balaban J connectivity index is 2.19. The quantitative estimate of drug-likeness (QED) is 0.275. The molecule has 0 amide bonds. The molecule has 4 N–H and O–H groups in total. The van der Waals surface area contributed by atoms with Crippen LogP contribution in [0.3, 0.4) is 0 Å². The van der Waals surface area contributed by atoms with E-state index in [-0.39, 0.29) is 0 Å². The Morgan fingerprint density at radius 2 is 1.92 bits per heavy atom. The second-order valence-electron chi connectivity index (χ2n) is 6.21. The van der Waals surface area contributed by atoms with Crippen molar-refractivity contribution in [3.05, 3.63) is 24.3 Å². The minimum atomic E-state index is -3.30. The van der Waals surface area contributed by atoms with E-state index in [4.69, 9.17) is 10.5 Å². The fourth-order valence-corrected chi connectivity index (χ4v) is 2.91. The molecule has 1 aromatic rings. The van der Waals surface area contributed by atoms with Crippen LogP contribution in [-0.2, 0) is 10.0 Å². The molecule has 8 heteroatoms. The van der Waals surface area contributed by atoms with Crippen LogP contribution in [0.15, 0.2) is 29.3 Å². The maximum absolute atomic E-state index is 11.2. The number of sulfonamides is 1. The van der Waals surface area contributed by atoms with Gasteiger partial charge < -0.3 is 15.8 Å². The third-order valence-corrected chi connectivity index (χ3v) is 4.21. The minimum Gasteiger partial charge on any atom is -0.492 e. The molecule has 0 radical (unpaired) electrons. The van der Waals surface area contributed by atoms with Gasteiger partial charge in [0, 0.05) is 12.6 Å². The molecule has 0 unspecified atom stereocenters. The van der Waals surface area contributed by atoms with Crippen molar-refractivity contribution in [2.75, 3.05) is 30.7 Å². The van der Waals surface area contributed by atoms with Gasteiger partial charge in [-0.1, -0.05) is 45.1 Å². The normalized spacial score (nSPS) is 12.0. The Bertz CT molecular complexity index is 648. The van der Waals surface area contributed by atoms with Gasteiger partial charge in [0.15, 0.2) is 5.96 Å². The zero-order chi connectivity index (χ0) is 19.3. The fourth-order valence-electron chi connectivity index (χ4n) is 2.36. The number of anilines is 1. The lowest BCUT2D eigenvalue weighted by molar-refractivity contribution is 0.322. The first-order valence-corrected chi connectivity index (χ1v) is 11.0. The van der Waals surface area contributed by atoms with E-state index in [1.807, 2.05) is 0 Å². The largest absolute Gasteiger partial charge is 0.492 e. The Kier molecular flexibility index (Phi) is 10.5. The van der Waals surface area contributed by atoms with Crippen LogP contribution in [-0.4, -0.2) is 40.3 Å². The summed E-state index contributed by atoms with van der Waals surface area (Å²) < 4.78 is 30.5. The fraction of sp³-hybridized carbons (Fsp3) is 0.611.